The third-order valence-corrected chi connectivity index (χ3v) is 4.09. The average Bonchev–Trinajstić information content (AvgIpc) is 2.63. The van der Waals surface area contributed by atoms with Crippen molar-refractivity contribution in [3.8, 4) is 0 Å². The van der Waals surface area contributed by atoms with Gasteiger partial charge in [0, 0.05) is 11.3 Å². The molecule has 2 atom stereocenters. The normalized spacial score (nSPS) is 12.7. The van der Waals surface area contributed by atoms with Gasteiger partial charge in [-0.1, -0.05) is 49.4 Å². The van der Waals surface area contributed by atoms with Crippen LogP contribution in [0, 0.1) is 0 Å². The van der Waals surface area contributed by atoms with Gasteiger partial charge in [-0.3, -0.25) is 14.4 Å². The molecule has 0 spiro atoms. The van der Waals surface area contributed by atoms with Crippen LogP contribution in [0.1, 0.15) is 49.0 Å². The van der Waals surface area contributed by atoms with Crippen LogP contribution < -0.4 is 5.32 Å². The predicted molar refractivity (Wildman–Crippen MR) is 100 cm³/mol. The van der Waals surface area contributed by atoms with E-state index in [4.69, 9.17) is 4.74 Å². The summed E-state index contributed by atoms with van der Waals surface area (Å²) >= 11 is 0. The molecule has 136 valence electrons. The molecule has 0 aliphatic rings. The summed E-state index contributed by atoms with van der Waals surface area (Å²) in [5, 5.41) is 2.67. The van der Waals surface area contributed by atoms with E-state index in [-0.39, 0.29) is 5.78 Å². The zero-order valence-electron chi connectivity index (χ0n) is 15.2. The van der Waals surface area contributed by atoms with Gasteiger partial charge in [0.15, 0.2) is 11.9 Å². The first-order chi connectivity index (χ1) is 12.4. The van der Waals surface area contributed by atoms with Crippen LogP contribution in [0.5, 0.6) is 0 Å². The molecule has 5 heteroatoms. The quantitative estimate of drug-likeness (QED) is 0.604. The van der Waals surface area contributed by atoms with Crippen molar-refractivity contribution in [1.82, 2.24) is 0 Å². The minimum absolute atomic E-state index is 0.0887. The molecule has 1 N–H and O–H groups in total. The van der Waals surface area contributed by atoms with E-state index in [1.165, 1.54) is 13.8 Å². The molecule has 0 fully saturated rings. The van der Waals surface area contributed by atoms with Crippen LogP contribution in [0.15, 0.2) is 54.6 Å². The largest absolute Gasteiger partial charge is 0.452 e. The second-order valence-corrected chi connectivity index (χ2v) is 6.08. The maximum atomic E-state index is 12.4. The number of esters is 1. The number of nitrogens with one attached hydrogen (secondary N) is 1. The second kappa shape index (κ2) is 8.94. The van der Waals surface area contributed by atoms with Crippen molar-refractivity contribution in [2.45, 2.75) is 39.2 Å². The summed E-state index contributed by atoms with van der Waals surface area (Å²) in [7, 11) is 0. The molecular formula is C21H23NO4. The number of hydrogen-bond acceptors (Lipinski definition) is 4. The minimum atomic E-state index is -0.943. The molecule has 0 aromatic heterocycles. The van der Waals surface area contributed by atoms with Crippen molar-refractivity contribution in [2.75, 3.05) is 5.32 Å². The van der Waals surface area contributed by atoms with Crippen LogP contribution in [0.4, 0.5) is 5.69 Å². The van der Waals surface area contributed by atoms with Gasteiger partial charge < -0.3 is 10.1 Å². The Morgan fingerprint density at radius 2 is 1.73 bits per heavy atom. The zero-order chi connectivity index (χ0) is 19.1. The molecule has 0 saturated heterocycles. The van der Waals surface area contributed by atoms with E-state index >= 15 is 0 Å². The summed E-state index contributed by atoms with van der Waals surface area (Å²) in [6.45, 7) is 4.89. The van der Waals surface area contributed by atoms with Gasteiger partial charge in [-0.2, -0.15) is 0 Å². The van der Waals surface area contributed by atoms with E-state index in [1.54, 1.807) is 24.3 Å². The molecule has 0 unspecified atom stereocenters. The van der Waals surface area contributed by atoms with Crippen molar-refractivity contribution < 1.29 is 19.1 Å². The highest BCUT2D eigenvalue weighted by Crippen LogP contribution is 2.21. The van der Waals surface area contributed by atoms with Gasteiger partial charge in [-0.15, -0.1) is 0 Å². The molecule has 26 heavy (non-hydrogen) atoms. The van der Waals surface area contributed by atoms with Crippen LogP contribution >= 0.6 is 0 Å². The first-order valence-corrected chi connectivity index (χ1v) is 8.59. The van der Waals surface area contributed by atoms with E-state index in [0.717, 1.165) is 5.56 Å². The number of rotatable bonds is 7. The summed E-state index contributed by atoms with van der Waals surface area (Å²) in [6.07, 6.45) is -0.362. The third kappa shape index (κ3) is 5.02. The molecule has 0 aliphatic heterocycles. The number of ether oxygens (including phenoxy) is 1. The standard InChI is InChI=1S/C21H23NO4/c1-4-19(16-9-6-5-7-10-16)21(25)26-15(3)20(24)22-18-12-8-11-17(13-18)14(2)23/h5-13,15,19H,4H2,1-3H3,(H,22,24)/t15-,19+/m1/s1. The summed E-state index contributed by atoms with van der Waals surface area (Å²) < 4.78 is 5.35. The molecular weight excluding hydrogens is 330 g/mol. The summed E-state index contributed by atoms with van der Waals surface area (Å²) in [5.41, 5.74) is 1.85. The van der Waals surface area contributed by atoms with Crippen molar-refractivity contribution in [1.29, 1.82) is 0 Å². The number of amides is 1. The Kier molecular flexibility index (Phi) is 6.67. The number of carbonyl (C=O) groups is 3. The van der Waals surface area contributed by atoms with E-state index in [2.05, 4.69) is 5.32 Å². The van der Waals surface area contributed by atoms with Gasteiger partial charge in [0.05, 0.1) is 5.92 Å². The smallest absolute Gasteiger partial charge is 0.314 e. The maximum absolute atomic E-state index is 12.4. The number of anilines is 1. The lowest BCUT2D eigenvalue weighted by molar-refractivity contribution is -0.154. The average molecular weight is 353 g/mol. The zero-order valence-corrected chi connectivity index (χ0v) is 15.2. The molecule has 0 bridgehead atoms. The van der Waals surface area contributed by atoms with Crippen molar-refractivity contribution in [3.63, 3.8) is 0 Å². The van der Waals surface area contributed by atoms with Crippen LogP contribution in [-0.2, 0) is 14.3 Å². The van der Waals surface area contributed by atoms with Crippen molar-refractivity contribution in [3.05, 3.63) is 65.7 Å². The SMILES string of the molecule is CC[C@H](C(=O)O[C@H](C)C(=O)Nc1cccc(C(C)=O)c1)c1ccccc1. The van der Waals surface area contributed by atoms with Crippen LogP contribution in [0.3, 0.4) is 0 Å². The topological polar surface area (TPSA) is 72.5 Å². The fraction of sp³-hybridized carbons (Fsp3) is 0.286. The van der Waals surface area contributed by atoms with Gasteiger partial charge in [-0.25, -0.2) is 0 Å². The number of ketones is 1. The van der Waals surface area contributed by atoms with E-state index in [9.17, 15) is 14.4 Å². The molecule has 5 nitrogen and oxygen atoms in total. The molecule has 2 aromatic carbocycles. The number of carbonyl (C=O) groups excluding carboxylic acids is 3. The van der Waals surface area contributed by atoms with Crippen LogP contribution in [0.25, 0.3) is 0 Å². The van der Waals surface area contributed by atoms with Gasteiger partial charge in [0.2, 0.25) is 0 Å². The number of Topliss-reactive ketones (excluding diaryl/α,β-unsaturated/α-hetero) is 1. The summed E-state index contributed by atoms with van der Waals surface area (Å²) in [4.78, 5) is 36.2. The Bertz CT molecular complexity index is 786. The van der Waals surface area contributed by atoms with Crippen LogP contribution in [0.2, 0.25) is 0 Å². The Morgan fingerprint density at radius 3 is 2.35 bits per heavy atom. The third-order valence-electron chi connectivity index (χ3n) is 4.09. The number of benzene rings is 2. The van der Waals surface area contributed by atoms with E-state index in [0.29, 0.717) is 17.7 Å². The van der Waals surface area contributed by atoms with Crippen molar-refractivity contribution >= 4 is 23.3 Å². The first kappa shape index (κ1) is 19.4. The molecule has 0 aliphatic carbocycles. The Hall–Kier alpha value is -2.95. The molecule has 2 aromatic rings. The van der Waals surface area contributed by atoms with Gasteiger partial charge in [0.25, 0.3) is 5.91 Å². The molecule has 0 heterocycles. The highest BCUT2D eigenvalue weighted by Gasteiger charge is 2.25. The fourth-order valence-electron chi connectivity index (χ4n) is 2.59. The Balaban J connectivity index is 2.01. The summed E-state index contributed by atoms with van der Waals surface area (Å²) in [6, 6.07) is 16.0. The molecule has 2 rings (SSSR count). The maximum Gasteiger partial charge on any atom is 0.314 e. The first-order valence-electron chi connectivity index (χ1n) is 8.59. The van der Waals surface area contributed by atoms with E-state index < -0.39 is 23.9 Å². The van der Waals surface area contributed by atoms with Gasteiger partial charge in [-0.05, 0) is 38.0 Å². The molecule has 1 amide bonds. The highest BCUT2D eigenvalue weighted by molar-refractivity contribution is 5.98. The van der Waals surface area contributed by atoms with Gasteiger partial charge >= 0.3 is 5.97 Å². The Morgan fingerprint density at radius 1 is 1.04 bits per heavy atom. The molecule has 0 radical (unpaired) electrons. The lowest BCUT2D eigenvalue weighted by atomic mass is 9.97. The van der Waals surface area contributed by atoms with Crippen molar-refractivity contribution in [2.24, 2.45) is 0 Å². The van der Waals surface area contributed by atoms with E-state index in [1.807, 2.05) is 37.3 Å². The van der Waals surface area contributed by atoms with Crippen LogP contribution in [-0.4, -0.2) is 23.8 Å². The minimum Gasteiger partial charge on any atom is -0.452 e. The Labute approximate surface area is 153 Å². The lowest BCUT2D eigenvalue weighted by Crippen LogP contribution is -2.31. The van der Waals surface area contributed by atoms with Gasteiger partial charge in [0.1, 0.15) is 0 Å². The second-order valence-electron chi connectivity index (χ2n) is 6.08. The highest BCUT2D eigenvalue weighted by atomic mass is 16.5. The predicted octanol–water partition coefficient (Wildman–Crippen LogP) is 3.95. The fourth-order valence-corrected chi connectivity index (χ4v) is 2.59. The lowest BCUT2D eigenvalue weighted by Gasteiger charge is -2.18. The summed E-state index contributed by atoms with van der Waals surface area (Å²) in [5.74, 6) is -1.37. The number of hydrogen-bond donors (Lipinski definition) is 1. The monoisotopic (exact) mass is 353 g/mol. The molecule has 0 saturated carbocycles.